The second kappa shape index (κ2) is 6.24. The molecular weight excluding hydrogens is 200 g/mol. The van der Waals surface area contributed by atoms with E-state index in [1.807, 2.05) is 6.92 Å². The Labute approximate surface area is 99.6 Å². The Morgan fingerprint density at radius 3 is 2.44 bits per heavy atom. The molecule has 0 aliphatic carbocycles. The van der Waals surface area contributed by atoms with E-state index < -0.39 is 0 Å². The predicted molar refractivity (Wildman–Crippen MR) is 67.1 cm³/mol. The van der Waals surface area contributed by atoms with Gasteiger partial charge in [-0.15, -0.1) is 0 Å². The van der Waals surface area contributed by atoms with Crippen molar-refractivity contribution in [2.75, 3.05) is 6.54 Å². The third kappa shape index (κ3) is 2.97. The van der Waals surface area contributed by atoms with Crippen LogP contribution < -0.4 is 5.32 Å². The van der Waals surface area contributed by atoms with Crippen LogP contribution in [0.2, 0.25) is 0 Å². The Kier molecular flexibility index (Phi) is 5.26. The van der Waals surface area contributed by atoms with Crippen molar-refractivity contribution in [3.05, 3.63) is 0 Å². The van der Waals surface area contributed by atoms with Crippen LogP contribution in [0.4, 0.5) is 0 Å². The van der Waals surface area contributed by atoms with Crippen molar-refractivity contribution in [2.45, 2.75) is 65.6 Å². The second-order valence-electron chi connectivity index (χ2n) is 4.87. The van der Waals surface area contributed by atoms with Crippen LogP contribution in [0.25, 0.3) is 0 Å². The zero-order chi connectivity index (χ0) is 12.1. The molecule has 0 spiro atoms. The summed E-state index contributed by atoms with van der Waals surface area (Å²) in [6.07, 6.45) is 4.78. The van der Waals surface area contributed by atoms with Crippen molar-refractivity contribution in [3.63, 3.8) is 0 Å². The molecule has 0 radical (unpaired) electrons. The van der Waals surface area contributed by atoms with Gasteiger partial charge in [0.05, 0.1) is 12.2 Å². The van der Waals surface area contributed by atoms with Crippen LogP contribution in [0, 0.1) is 5.92 Å². The van der Waals surface area contributed by atoms with Gasteiger partial charge in [-0.3, -0.25) is 10.1 Å². The fourth-order valence-corrected chi connectivity index (χ4v) is 2.41. The summed E-state index contributed by atoms with van der Waals surface area (Å²) >= 11 is 0. The van der Waals surface area contributed by atoms with E-state index in [2.05, 4.69) is 31.0 Å². The van der Waals surface area contributed by atoms with E-state index in [1.165, 1.54) is 0 Å². The minimum Gasteiger partial charge on any atom is -0.326 e. The average Bonchev–Trinajstić information content (AvgIpc) is 2.53. The highest BCUT2D eigenvalue weighted by Crippen LogP contribution is 2.19. The Morgan fingerprint density at radius 1 is 1.31 bits per heavy atom. The van der Waals surface area contributed by atoms with E-state index in [1.54, 1.807) is 0 Å². The molecule has 0 aromatic carbocycles. The van der Waals surface area contributed by atoms with Gasteiger partial charge >= 0.3 is 0 Å². The van der Waals surface area contributed by atoms with Gasteiger partial charge in [0.1, 0.15) is 0 Å². The number of hydrogen-bond acceptors (Lipinski definition) is 2. The first kappa shape index (κ1) is 13.5. The van der Waals surface area contributed by atoms with E-state index >= 15 is 0 Å². The second-order valence-corrected chi connectivity index (χ2v) is 4.87. The van der Waals surface area contributed by atoms with Crippen molar-refractivity contribution in [3.8, 4) is 0 Å². The molecule has 2 unspecified atom stereocenters. The molecule has 3 nitrogen and oxygen atoms in total. The summed E-state index contributed by atoms with van der Waals surface area (Å²) in [4.78, 5) is 14.1. The van der Waals surface area contributed by atoms with Gasteiger partial charge in [0, 0.05) is 6.54 Å². The largest absolute Gasteiger partial charge is 0.326 e. The maximum Gasteiger partial charge on any atom is 0.240 e. The lowest BCUT2D eigenvalue weighted by molar-refractivity contribution is -0.130. The Balaban J connectivity index is 2.62. The molecule has 1 fully saturated rings. The number of nitrogens with zero attached hydrogens (tertiary/aromatic N) is 1. The molecule has 1 saturated heterocycles. The van der Waals surface area contributed by atoms with Gasteiger partial charge in [-0.2, -0.15) is 0 Å². The highest BCUT2D eigenvalue weighted by Gasteiger charge is 2.35. The monoisotopic (exact) mass is 226 g/mol. The lowest BCUT2D eigenvalue weighted by Crippen LogP contribution is -2.40. The van der Waals surface area contributed by atoms with Crippen molar-refractivity contribution >= 4 is 5.91 Å². The van der Waals surface area contributed by atoms with Crippen LogP contribution in [0.1, 0.15) is 53.4 Å². The van der Waals surface area contributed by atoms with Gasteiger partial charge in [-0.1, -0.05) is 40.0 Å². The molecular formula is C13H26N2O. The van der Waals surface area contributed by atoms with Gasteiger partial charge in [0.2, 0.25) is 5.91 Å². The summed E-state index contributed by atoms with van der Waals surface area (Å²) in [6, 6.07) is 0.00547. The van der Waals surface area contributed by atoms with Crippen LogP contribution in [0.15, 0.2) is 0 Å². The lowest BCUT2D eigenvalue weighted by Gasteiger charge is -2.27. The molecule has 0 aromatic heterocycles. The van der Waals surface area contributed by atoms with E-state index in [4.69, 9.17) is 0 Å². The van der Waals surface area contributed by atoms with Crippen LogP contribution >= 0.6 is 0 Å². The van der Waals surface area contributed by atoms with Gasteiger partial charge in [-0.25, -0.2) is 0 Å². The molecule has 1 heterocycles. The number of carbonyl (C=O) groups is 1. The van der Waals surface area contributed by atoms with Crippen molar-refractivity contribution in [1.82, 2.24) is 10.2 Å². The molecule has 1 N–H and O–H groups in total. The topological polar surface area (TPSA) is 32.3 Å². The SMILES string of the molecule is CCCC1NC(C)C(=O)N1CC(CC)CC. The third-order valence-electron chi connectivity index (χ3n) is 3.64. The normalized spacial score (nSPS) is 25.8. The minimum atomic E-state index is 0.00547. The van der Waals surface area contributed by atoms with E-state index in [0.29, 0.717) is 5.92 Å². The number of carbonyl (C=O) groups excluding carboxylic acids is 1. The maximum absolute atomic E-state index is 12.0. The molecule has 1 amide bonds. The molecule has 1 rings (SSSR count). The maximum atomic E-state index is 12.0. The first-order valence-electron chi connectivity index (χ1n) is 6.70. The molecule has 16 heavy (non-hydrogen) atoms. The zero-order valence-electron chi connectivity index (χ0n) is 11.1. The van der Waals surface area contributed by atoms with Crippen molar-refractivity contribution < 1.29 is 4.79 Å². The van der Waals surface area contributed by atoms with Gasteiger partial charge in [0.25, 0.3) is 0 Å². The summed E-state index contributed by atoms with van der Waals surface area (Å²) in [5.74, 6) is 0.931. The van der Waals surface area contributed by atoms with Crippen LogP contribution in [0.5, 0.6) is 0 Å². The summed E-state index contributed by atoms with van der Waals surface area (Å²) < 4.78 is 0. The fraction of sp³-hybridized carbons (Fsp3) is 0.923. The quantitative estimate of drug-likeness (QED) is 0.754. The molecule has 0 aromatic rings. The van der Waals surface area contributed by atoms with E-state index in [-0.39, 0.29) is 18.1 Å². The van der Waals surface area contributed by atoms with Gasteiger partial charge < -0.3 is 4.90 Å². The molecule has 1 aliphatic rings. The summed E-state index contributed by atoms with van der Waals surface area (Å²) in [6.45, 7) is 9.48. The third-order valence-corrected chi connectivity index (χ3v) is 3.64. The Morgan fingerprint density at radius 2 is 1.94 bits per heavy atom. The average molecular weight is 226 g/mol. The first-order chi connectivity index (χ1) is 7.63. The highest BCUT2D eigenvalue weighted by atomic mass is 16.2. The Bertz CT molecular complexity index is 226. The summed E-state index contributed by atoms with van der Waals surface area (Å²) in [5, 5.41) is 3.38. The molecule has 1 aliphatic heterocycles. The number of hydrogen-bond donors (Lipinski definition) is 1. The Hall–Kier alpha value is -0.570. The highest BCUT2D eigenvalue weighted by molar-refractivity contribution is 5.83. The molecule has 94 valence electrons. The molecule has 3 heteroatoms. The fourth-order valence-electron chi connectivity index (χ4n) is 2.41. The first-order valence-corrected chi connectivity index (χ1v) is 6.70. The lowest BCUT2D eigenvalue weighted by atomic mass is 10.0. The minimum absolute atomic E-state index is 0.00547. The molecule has 0 bridgehead atoms. The number of amides is 1. The summed E-state index contributed by atoms with van der Waals surface area (Å²) in [7, 11) is 0. The van der Waals surface area contributed by atoms with Crippen LogP contribution in [0.3, 0.4) is 0 Å². The van der Waals surface area contributed by atoms with E-state index in [9.17, 15) is 4.79 Å². The summed E-state index contributed by atoms with van der Waals surface area (Å²) in [5.41, 5.74) is 0. The molecule has 2 atom stereocenters. The predicted octanol–water partition coefficient (Wildman–Crippen LogP) is 2.37. The standard InChI is InChI=1S/C13H26N2O/c1-5-8-12-14-10(4)13(16)15(12)9-11(6-2)7-3/h10-12,14H,5-9H2,1-4H3. The van der Waals surface area contributed by atoms with Gasteiger partial charge in [0.15, 0.2) is 0 Å². The van der Waals surface area contributed by atoms with Crippen molar-refractivity contribution in [2.24, 2.45) is 5.92 Å². The van der Waals surface area contributed by atoms with Crippen molar-refractivity contribution in [1.29, 1.82) is 0 Å². The van der Waals surface area contributed by atoms with E-state index in [0.717, 1.165) is 32.2 Å². The number of rotatable bonds is 6. The number of nitrogens with one attached hydrogen (secondary N) is 1. The smallest absolute Gasteiger partial charge is 0.240 e. The van der Waals surface area contributed by atoms with Gasteiger partial charge in [-0.05, 0) is 19.3 Å². The van der Waals surface area contributed by atoms with Crippen LogP contribution in [-0.4, -0.2) is 29.6 Å². The molecule has 0 saturated carbocycles. The zero-order valence-corrected chi connectivity index (χ0v) is 11.1. The van der Waals surface area contributed by atoms with Crippen LogP contribution in [-0.2, 0) is 4.79 Å².